The molecule has 0 aliphatic heterocycles. The average molecular weight is 218 g/mol. The van der Waals surface area contributed by atoms with Gasteiger partial charge in [0.25, 0.3) is 0 Å². The molecule has 0 aliphatic rings. The molecule has 16 heavy (non-hydrogen) atoms. The fourth-order valence-corrected chi connectivity index (χ4v) is 1.71. The van der Waals surface area contributed by atoms with Gasteiger partial charge in [0.05, 0.1) is 20.6 Å². The minimum absolute atomic E-state index is 0.234. The highest BCUT2D eigenvalue weighted by Crippen LogP contribution is 2.03. The summed E-state index contributed by atoms with van der Waals surface area (Å²) in [6.45, 7) is 3.09. The Morgan fingerprint density at radius 2 is 1.88 bits per heavy atom. The summed E-state index contributed by atoms with van der Waals surface area (Å²) in [5, 5.41) is 0. The van der Waals surface area contributed by atoms with Crippen LogP contribution in [-0.2, 0) is 4.79 Å². The molecule has 0 unspecified atom stereocenters. The summed E-state index contributed by atoms with van der Waals surface area (Å²) in [7, 11) is 4.13. The van der Waals surface area contributed by atoms with E-state index < -0.39 is 0 Å². The normalized spacial score (nSPS) is 11.9. The highest BCUT2D eigenvalue weighted by atomic mass is 16.1. The lowest BCUT2D eigenvalue weighted by Crippen LogP contribution is -2.43. The Morgan fingerprint density at radius 1 is 1.25 bits per heavy atom. The second-order valence-electron chi connectivity index (χ2n) is 4.79. The van der Waals surface area contributed by atoms with E-state index in [0.717, 1.165) is 6.54 Å². The second-order valence-corrected chi connectivity index (χ2v) is 4.79. The first-order chi connectivity index (χ1) is 7.49. The number of hydrogen-bond acceptors (Lipinski definition) is 1. The van der Waals surface area contributed by atoms with Gasteiger partial charge in [0.2, 0.25) is 0 Å². The summed E-state index contributed by atoms with van der Waals surface area (Å²) in [4.78, 5) is 11.1. The Balaban J connectivity index is 2.51. The number of hydrogen-bond donors (Lipinski definition) is 0. The minimum Gasteiger partial charge on any atom is -0.319 e. The third kappa shape index (κ3) is 4.89. The molecule has 0 bridgehead atoms. The molecular formula is C14H20NO+. The number of rotatable bonds is 5. The van der Waals surface area contributed by atoms with Gasteiger partial charge in [-0.05, 0) is 11.6 Å². The number of quaternary nitrogens is 1. The maximum absolute atomic E-state index is 11.1. The lowest BCUT2D eigenvalue weighted by molar-refractivity contribution is -0.876. The monoisotopic (exact) mass is 218 g/mol. The molecule has 2 nitrogen and oxygen atoms in total. The fourth-order valence-electron chi connectivity index (χ4n) is 1.71. The van der Waals surface area contributed by atoms with Gasteiger partial charge in [-0.15, -0.1) is 0 Å². The van der Waals surface area contributed by atoms with Gasteiger partial charge in [-0.3, -0.25) is 4.79 Å². The molecular weight excluding hydrogens is 198 g/mol. The smallest absolute Gasteiger partial charge is 0.183 e. The van der Waals surface area contributed by atoms with E-state index in [-0.39, 0.29) is 5.78 Å². The standard InChI is InChI=1S/C14H20NO/c1-13(16)12-15(2,3)11-7-10-14-8-5-4-6-9-14/h4-10H,11-12H2,1-3H3/q+1. The Kier molecular flexibility index (Phi) is 4.44. The van der Waals surface area contributed by atoms with E-state index in [4.69, 9.17) is 0 Å². The molecule has 0 N–H and O–H groups in total. The molecule has 0 aliphatic carbocycles. The quantitative estimate of drug-likeness (QED) is 0.693. The van der Waals surface area contributed by atoms with Gasteiger partial charge in [-0.25, -0.2) is 0 Å². The van der Waals surface area contributed by atoms with Crippen molar-refractivity contribution in [2.75, 3.05) is 27.2 Å². The summed E-state index contributed by atoms with van der Waals surface area (Å²) >= 11 is 0. The Hall–Kier alpha value is -1.41. The minimum atomic E-state index is 0.234. The largest absolute Gasteiger partial charge is 0.319 e. The van der Waals surface area contributed by atoms with Gasteiger partial charge < -0.3 is 4.48 Å². The van der Waals surface area contributed by atoms with Gasteiger partial charge in [-0.2, -0.15) is 0 Å². The number of carbonyl (C=O) groups excluding carboxylic acids is 1. The van der Waals surface area contributed by atoms with Crippen LogP contribution in [0, 0.1) is 0 Å². The lowest BCUT2D eigenvalue weighted by Gasteiger charge is -2.26. The summed E-state index contributed by atoms with van der Waals surface area (Å²) in [5.74, 6) is 0.234. The number of Topliss-reactive ketones (excluding diaryl/α,β-unsaturated/α-hetero) is 1. The molecule has 0 heterocycles. The summed E-state index contributed by atoms with van der Waals surface area (Å²) < 4.78 is 0.707. The van der Waals surface area contributed by atoms with Crippen molar-refractivity contribution in [2.45, 2.75) is 6.92 Å². The number of carbonyl (C=O) groups is 1. The van der Waals surface area contributed by atoms with Crippen molar-refractivity contribution in [3.63, 3.8) is 0 Å². The van der Waals surface area contributed by atoms with E-state index in [1.54, 1.807) is 6.92 Å². The molecule has 1 rings (SSSR count). The van der Waals surface area contributed by atoms with Crippen molar-refractivity contribution in [3.05, 3.63) is 42.0 Å². The van der Waals surface area contributed by atoms with Crippen LogP contribution in [0.15, 0.2) is 36.4 Å². The molecule has 0 saturated carbocycles. The topological polar surface area (TPSA) is 17.1 Å². The maximum Gasteiger partial charge on any atom is 0.183 e. The Bertz CT molecular complexity index is 366. The van der Waals surface area contributed by atoms with Crippen LogP contribution in [0.3, 0.4) is 0 Å². The molecule has 0 spiro atoms. The number of likely N-dealkylation sites (N-methyl/N-ethyl adjacent to an activating group) is 1. The molecule has 0 radical (unpaired) electrons. The first kappa shape index (κ1) is 12.7. The van der Waals surface area contributed by atoms with Crippen molar-refractivity contribution in [1.29, 1.82) is 0 Å². The molecule has 0 fully saturated rings. The van der Waals surface area contributed by atoms with E-state index in [9.17, 15) is 4.79 Å². The Morgan fingerprint density at radius 3 is 2.44 bits per heavy atom. The van der Waals surface area contributed by atoms with Crippen LogP contribution in [0.5, 0.6) is 0 Å². The van der Waals surface area contributed by atoms with Crippen LogP contribution >= 0.6 is 0 Å². The lowest BCUT2D eigenvalue weighted by atomic mass is 10.2. The number of nitrogens with zero attached hydrogens (tertiary/aromatic N) is 1. The zero-order chi connectivity index (χ0) is 12.0. The predicted octanol–water partition coefficient (Wildman–Crippen LogP) is 2.37. The summed E-state index contributed by atoms with van der Waals surface area (Å²) in [5.41, 5.74) is 1.20. The molecule has 0 amide bonds. The number of benzene rings is 1. The van der Waals surface area contributed by atoms with Crippen LogP contribution in [0.2, 0.25) is 0 Å². The van der Waals surface area contributed by atoms with Crippen LogP contribution in [0.4, 0.5) is 0 Å². The first-order valence-electron chi connectivity index (χ1n) is 5.53. The molecule has 1 aromatic rings. The first-order valence-corrected chi connectivity index (χ1v) is 5.53. The van der Waals surface area contributed by atoms with Crippen LogP contribution in [0.25, 0.3) is 6.08 Å². The highest BCUT2D eigenvalue weighted by Gasteiger charge is 2.14. The van der Waals surface area contributed by atoms with E-state index in [2.05, 4.69) is 38.4 Å². The van der Waals surface area contributed by atoms with Crippen molar-refractivity contribution < 1.29 is 9.28 Å². The van der Waals surface area contributed by atoms with Gasteiger partial charge in [0.15, 0.2) is 5.78 Å². The van der Waals surface area contributed by atoms with Gasteiger partial charge in [0.1, 0.15) is 6.54 Å². The maximum atomic E-state index is 11.1. The number of ketones is 1. The van der Waals surface area contributed by atoms with Crippen LogP contribution in [0.1, 0.15) is 12.5 Å². The van der Waals surface area contributed by atoms with E-state index in [1.165, 1.54) is 5.56 Å². The van der Waals surface area contributed by atoms with Crippen LogP contribution < -0.4 is 0 Å². The summed E-state index contributed by atoms with van der Waals surface area (Å²) in [6.07, 6.45) is 4.22. The van der Waals surface area contributed by atoms with Crippen molar-refractivity contribution in [3.8, 4) is 0 Å². The zero-order valence-corrected chi connectivity index (χ0v) is 10.3. The van der Waals surface area contributed by atoms with Crippen molar-refractivity contribution >= 4 is 11.9 Å². The van der Waals surface area contributed by atoms with E-state index in [0.29, 0.717) is 11.0 Å². The van der Waals surface area contributed by atoms with E-state index in [1.807, 2.05) is 18.2 Å². The van der Waals surface area contributed by atoms with E-state index >= 15 is 0 Å². The fraction of sp³-hybridized carbons (Fsp3) is 0.357. The van der Waals surface area contributed by atoms with Crippen molar-refractivity contribution in [2.24, 2.45) is 0 Å². The molecule has 0 saturated heterocycles. The third-order valence-corrected chi connectivity index (χ3v) is 2.36. The Labute approximate surface area is 97.8 Å². The molecule has 1 aromatic carbocycles. The zero-order valence-electron chi connectivity index (χ0n) is 10.3. The second kappa shape index (κ2) is 5.61. The van der Waals surface area contributed by atoms with Gasteiger partial charge >= 0.3 is 0 Å². The van der Waals surface area contributed by atoms with Gasteiger partial charge in [-0.1, -0.05) is 36.4 Å². The third-order valence-electron chi connectivity index (χ3n) is 2.36. The highest BCUT2D eigenvalue weighted by molar-refractivity contribution is 5.76. The molecule has 86 valence electrons. The summed E-state index contributed by atoms with van der Waals surface area (Å²) in [6, 6.07) is 10.2. The van der Waals surface area contributed by atoms with Gasteiger partial charge in [0, 0.05) is 6.92 Å². The average Bonchev–Trinajstić information content (AvgIpc) is 2.16. The van der Waals surface area contributed by atoms with Crippen LogP contribution in [-0.4, -0.2) is 37.5 Å². The molecule has 2 heteroatoms. The predicted molar refractivity (Wildman–Crippen MR) is 68.0 cm³/mol. The molecule has 0 aromatic heterocycles. The molecule has 0 atom stereocenters. The van der Waals surface area contributed by atoms with Crippen molar-refractivity contribution in [1.82, 2.24) is 0 Å². The SMILES string of the molecule is CC(=O)C[N+](C)(C)CC=Cc1ccccc1.